The number of aryl methyl sites for hydroxylation is 1. The van der Waals surface area contributed by atoms with E-state index in [1.54, 1.807) is 4.90 Å². The number of piperidine rings is 2. The Bertz CT molecular complexity index is 988. The van der Waals surface area contributed by atoms with Crippen molar-refractivity contribution in [3.05, 3.63) is 35.7 Å². The summed E-state index contributed by atoms with van der Waals surface area (Å²) >= 11 is 1.52. The highest BCUT2D eigenvalue weighted by Crippen LogP contribution is 2.48. The summed E-state index contributed by atoms with van der Waals surface area (Å²) in [7, 11) is 3.68. The summed E-state index contributed by atoms with van der Waals surface area (Å²) in [5, 5.41) is 1.07. The summed E-state index contributed by atoms with van der Waals surface area (Å²) in [4.78, 5) is 26.3. The Morgan fingerprint density at radius 2 is 1.75 bits per heavy atom. The number of fused-ring (bicyclic) bond motifs is 2. The highest BCUT2D eigenvalue weighted by Gasteiger charge is 2.49. The van der Waals surface area contributed by atoms with Crippen molar-refractivity contribution in [2.75, 3.05) is 56.6 Å². The van der Waals surface area contributed by atoms with E-state index >= 15 is 0 Å². The topological polar surface area (TPSA) is 55.8 Å². The molecule has 7 nitrogen and oxygen atoms in total. The Balaban J connectivity index is 1.27. The van der Waals surface area contributed by atoms with Crippen LogP contribution < -0.4 is 9.80 Å². The van der Waals surface area contributed by atoms with Gasteiger partial charge in [0.25, 0.3) is 0 Å². The highest BCUT2D eigenvalue weighted by molar-refractivity contribution is 7.09. The fourth-order valence-electron chi connectivity index (χ4n) is 5.86. The average Bonchev–Trinajstić information content (AvgIpc) is 3.36. The van der Waals surface area contributed by atoms with Crippen molar-refractivity contribution >= 4 is 28.4 Å². The van der Waals surface area contributed by atoms with Gasteiger partial charge in [0, 0.05) is 61.9 Å². The van der Waals surface area contributed by atoms with Crippen LogP contribution in [-0.2, 0) is 5.41 Å². The third-order valence-corrected chi connectivity index (χ3v) is 8.82. The number of anilines is 2. The molecule has 8 heteroatoms. The van der Waals surface area contributed by atoms with Gasteiger partial charge in [-0.05, 0) is 64.3 Å². The van der Waals surface area contributed by atoms with E-state index in [1.165, 1.54) is 17.1 Å². The molecule has 0 saturated carbocycles. The molecule has 1 aromatic heterocycles. The molecule has 4 heterocycles. The molecule has 2 aromatic rings. The highest BCUT2D eigenvalue weighted by atomic mass is 32.1. The molecule has 3 aliphatic rings. The van der Waals surface area contributed by atoms with E-state index < -0.39 is 0 Å². The van der Waals surface area contributed by atoms with Gasteiger partial charge in [-0.2, -0.15) is 4.37 Å². The predicted molar refractivity (Wildman–Crippen MR) is 130 cm³/mol. The van der Waals surface area contributed by atoms with Gasteiger partial charge in [0.1, 0.15) is 5.82 Å². The van der Waals surface area contributed by atoms with Crippen molar-refractivity contribution in [2.24, 2.45) is 0 Å². The van der Waals surface area contributed by atoms with Gasteiger partial charge in [-0.25, -0.2) is 9.78 Å². The number of benzene rings is 1. The molecule has 5 rings (SSSR count). The number of amides is 2. The lowest BCUT2D eigenvalue weighted by molar-refractivity contribution is 0.0373. The van der Waals surface area contributed by atoms with E-state index in [-0.39, 0.29) is 17.0 Å². The van der Waals surface area contributed by atoms with Gasteiger partial charge in [-0.1, -0.05) is 18.2 Å². The van der Waals surface area contributed by atoms with Gasteiger partial charge in [0.15, 0.2) is 0 Å². The van der Waals surface area contributed by atoms with E-state index in [4.69, 9.17) is 0 Å². The fraction of sp³-hybridized carbons (Fsp3) is 0.625. The molecule has 0 N–H and O–H groups in total. The average molecular weight is 455 g/mol. The van der Waals surface area contributed by atoms with Crippen LogP contribution in [0.5, 0.6) is 0 Å². The molecule has 32 heavy (non-hydrogen) atoms. The Hall–Kier alpha value is -2.19. The first-order chi connectivity index (χ1) is 15.3. The lowest BCUT2D eigenvalue weighted by atomic mass is 9.73. The molecule has 2 fully saturated rings. The SMILES string of the molecule is Cc1nsc(N2CCC(C)(N3CCC4(CC3)CN(C(=O)N(C)C)c3ccccc34)CC2)n1. The number of hydrogen-bond donors (Lipinski definition) is 0. The predicted octanol–water partition coefficient (Wildman–Crippen LogP) is 3.74. The van der Waals surface area contributed by atoms with Crippen LogP contribution in [0.25, 0.3) is 0 Å². The van der Waals surface area contributed by atoms with Crippen LogP contribution in [0.2, 0.25) is 0 Å². The molecule has 0 unspecified atom stereocenters. The largest absolute Gasteiger partial charge is 0.347 e. The second-order valence-electron chi connectivity index (χ2n) is 10.2. The first kappa shape index (κ1) is 21.6. The van der Waals surface area contributed by atoms with Crippen LogP contribution in [0.3, 0.4) is 0 Å². The number of urea groups is 1. The van der Waals surface area contributed by atoms with Crippen LogP contribution in [0.15, 0.2) is 24.3 Å². The number of rotatable bonds is 2. The molecule has 0 bridgehead atoms. The number of aromatic nitrogens is 2. The Morgan fingerprint density at radius 3 is 2.38 bits per heavy atom. The maximum absolute atomic E-state index is 12.9. The van der Waals surface area contributed by atoms with Crippen molar-refractivity contribution in [3.8, 4) is 0 Å². The Labute approximate surface area is 195 Å². The van der Waals surface area contributed by atoms with Gasteiger partial charge >= 0.3 is 6.03 Å². The minimum absolute atomic E-state index is 0.0832. The van der Waals surface area contributed by atoms with Crippen LogP contribution in [0.1, 0.15) is 44.0 Å². The second-order valence-corrected chi connectivity index (χ2v) is 10.9. The molecule has 0 aliphatic carbocycles. The van der Waals surface area contributed by atoms with Crippen molar-refractivity contribution in [1.82, 2.24) is 19.2 Å². The van der Waals surface area contributed by atoms with E-state index in [0.29, 0.717) is 0 Å². The lowest BCUT2D eigenvalue weighted by Gasteiger charge is -2.51. The molecular formula is C24H34N6OS. The Morgan fingerprint density at radius 1 is 1.06 bits per heavy atom. The van der Waals surface area contributed by atoms with Crippen LogP contribution in [0, 0.1) is 6.92 Å². The molecule has 2 amide bonds. The minimum atomic E-state index is 0.0832. The number of carbonyl (C=O) groups is 1. The molecular weight excluding hydrogens is 420 g/mol. The van der Waals surface area contributed by atoms with Crippen LogP contribution >= 0.6 is 11.5 Å². The van der Waals surface area contributed by atoms with Crippen LogP contribution in [0.4, 0.5) is 15.6 Å². The first-order valence-corrected chi connectivity index (χ1v) is 12.5. The van der Waals surface area contributed by atoms with Gasteiger partial charge in [-0.15, -0.1) is 0 Å². The summed E-state index contributed by atoms with van der Waals surface area (Å²) < 4.78 is 4.35. The molecule has 1 spiro atoms. The molecule has 0 radical (unpaired) electrons. The van der Waals surface area contributed by atoms with E-state index in [1.807, 2.05) is 25.9 Å². The number of likely N-dealkylation sites (tertiary alicyclic amines) is 1. The molecule has 0 atom stereocenters. The van der Waals surface area contributed by atoms with Gasteiger partial charge < -0.3 is 9.80 Å². The molecule has 172 valence electrons. The van der Waals surface area contributed by atoms with E-state index in [0.717, 1.165) is 75.1 Å². The van der Waals surface area contributed by atoms with Crippen molar-refractivity contribution in [3.63, 3.8) is 0 Å². The van der Waals surface area contributed by atoms with Gasteiger partial charge in [0.2, 0.25) is 5.13 Å². The van der Waals surface area contributed by atoms with Crippen molar-refractivity contribution in [1.29, 1.82) is 0 Å². The normalized spacial score (nSPS) is 22.2. The third-order valence-electron chi connectivity index (χ3n) is 7.95. The second kappa shape index (κ2) is 7.99. The number of carbonyl (C=O) groups excluding carboxylic acids is 1. The zero-order valence-electron chi connectivity index (χ0n) is 19.7. The van der Waals surface area contributed by atoms with Crippen molar-refractivity contribution < 1.29 is 4.79 Å². The standard InChI is InChI=1S/C24H34N6OS/c1-18-25-21(32-26-18)28-13-9-23(2,10-14-28)29-15-11-24(12-16-29)17-30(22(31)27(3)4)20-8-6-5-7-19(20)24/h5-8H,9-17H2,1-4H3. The smallest absolute Gasteiger partial charge is 0.323 e. The maximum Gasteiger partial charge on any atom is 0.323 e. The third kappa shape index (κ3) is 3.57. The van der Waals surface area contributed by atoms with Gasteiger partial charge in [0.05, 0.1) is 0 Å². The lowest BCUT2D eigenvalue weighted by Crippen LogP contribution is -2.58. The number of hydrogen-bond acceptors (Lipinski definition) is 6. The van der Waals surface area contributed by atoms with Crippen LogP contribution in [-0.4, -0.2) is 77.5 Å². The first-order valence-electron chi connectivity index (χ1n) is 11.7. The van der Waals surface area contributed by atoms with Crippen molar-refractivity contribution in [2.45, 2.75) is 50.5 Å². The summed E-state index contributed by atoms with van der Waals surface area (Å²) in [5.74, 6) is 0.873. The molecule has 2 saturated heterocycles. The zero-order chi connectivity index (χ0) is 22.5. The summed E-state index contributed by atoms with van der Waals surface area (Å²) in [6, 6.07) is 8.63. The summed E-state index contributed by atoms with van der Waals surface area (Å²) in [5.41, 5.74) is 2.78. The molecule has 1 aromatic carbocycles. The Kier molecular flexibility index (Phi) is 5.40. The fourth-order valence-corrected chi connectivity index (χ4v) is 6.58. The quantitative estimate of drug-likeness (QED) is 0.692. The number of para-hydroxylation sites is 1. The minimum Gasteiger partial charge on any atom is -0.347 e. The van der Waals surface area contributed by atoms with E-state index in [2.05, 4.69) is 50.3 Å². The zero-order valence-corrected chi connectivity index (χ0v) is 20.5. The summed E-state index contributed by atoms with van der Waals surface area (Å²) in [6.07, 6.45) is 4.52. The summed E-state index contributed by atoms with van der Waals surface area (Å²) in [6.45, 7) is 9.48. The maximum atomic E-state index is 12.9. The molecule has 3 aliphatic heterocycles. The monoisotopic (exact) mass is 454 g/mol. The van der Waals surface area contributed by atoms with Gasteiger partial charge in [-0.3, -0.25) is 9.80 Å². The van der Waals surface area contributed by atoms with E-state index in [9.17, 15) is 4.79 Å². The number of nitrogens with zero attached hydrogens (tertiary/aromatic N) is 6.